The fourth-order valence-electron chi connectivity index (χ4n) is 2.39. The molecule has 0 saturated carbocycles. The van der Waals surface area contributed by atoms with Crippen LogP contribution in [0.2, 0.25) is 0 Å². The van der Waals surface area contributed by atoms with Crippen molar-refractivity contribution in [2.24, 2.45) is 0 Å². The minimum absolute atomic E-state index is 0.146. The average Bonchev–Trinajstić information content (AvgIpc) is 2.85. The largest absolute Gasteiger partial charge is 0.493 e. The summed E-state index contributed by atoms with van der Waals surface area (Å²) in [7, 11) is 0. The predicted molar refractivity (Wildman–Crippen MR) is 74.3 cm³/mol. The van der Waals surface area contributed by atoms with E-state index in [-0.39, 0.29) is 11.2 Å². The highest BCUT2D eigenvalue weighted by molar-refractivity contribution is 6.20. The van der Waals surface area contributed by atoms with Gasteiger partial charge in [0, 0.05) is 6.42 Å². The van der Waals surface area contributed by atoms with Crippen LogP contribution in [-0.4, -0.2) is 6.61 Å². The number of rotatable bonds is 3. The van der Waals surface area contributed by atoms with E-state index in [0.717, 1.165) is 29.9 Å². The summed E-state index contributed by atoms with van der Waals surface area (Å²) in [6.45, 7) is 0.746. The molecule has 98 valence electrons. The van der Waals surface area contributed by atoms with E-state index in [2.05, 4.69) is 6.07 Å². The van der Waals surface area contributed by atoms with E-state index < -0.39 is 0 Å². The van der Waals surface area contributed by atoms with Crippen LogP contribution in [0.3, 0.4) is 0 Å². The van der Waals surface area contributed by atoms with Crippen molar-refractivity contribution in [1.82, 2.24) is 0 Å². The van der Waals surface area contributed by atoms with E-state index in [1.54, 1.807) is 6.07 Å². The summed E-state index contributed by atoms with van der Waals surface area (Å²) >= 11 is 6.43. The predicted octanol–water partition coefficient (Wildman–Crippen LogP) is 4.28. The SMILES string of the molecule is Fc1cccc(CC(Cl)c2ccc3c(c2)CCO3)c1. The Morgan fingerprint density at radius 1 is 1.21 bits per heavy atom. The maximum Gasteiger partial charge on any atom is 0.123 e. The highest BCUT2D eigenvalue weighted by Crippen LogP contribution is 2.32. The van der Waals surface area contributed by atoms with Gasteiger partial charge in [-0.1, -0.05) is 24.3 Å². The fourth-order valence-corrected chi connectivity index (χ4v) is 2.70. The number of hydrogen-bond acceptors (Lipinski definition) is 1. The van der Waals surface area contributed by atoms with Crippen LogP contribution in [0.5, 0.6) is 5.75 Å². The van der Waals surface area contributed by atoms with Gasteiger partial charge in [-0.15, -0.1) is 11.6 Å². The Labute approximate surface area is 117 Å². The zero-order chi connectivity index (χ0) is 13.2. The minimum Gasteiger partial charge on any atom is -0.493 e. The molecule has 0 aliphatic carbocycles. The molecular formula is C16H14ClFO. The second kappa shape index (κ2) is 5.22. The molecule has 0 fully saturated rings. The standard InChI is InChI=1S/C16H14ClFO/c17-15(9-11-2-1-3-14(18)8-11)12-4-5-16-13(10-12)6-7-19-16/h1-5,8,10,15H,6-7,9H2. The van der Waals surface area contributed by atoms with Crippen LogP contribution in [0.1, 0.15) is 22.1 Å². The third-order valence-corrected chi connectivity index (χ3v) is 3.79. The monoisotopic (exact) mass is 276 g/mol. The van der Waals surface area contributed by atoms with Gasteiger partial charge >= 0.3 is 0 Å². The molecule has 0 saturated heterocycles. The second-order valence-electron chi connectivity index (χ2n) is 4.77. The lowest BCUT2D eigenvalue weighted by Gasteiger charge is -2.11. The van der Waals surface area contributed by atoms with E-state index in [1.165, 1.54) is 17.7 Å². The van der Waals surface area contributed by atoms with Crippen LogP contribution in [0.4, 0.5) is 4.39 Å². The Morgan fingerprint density at radius 3 is 2.95 bits per heavy atom. The van der Waals surface area contributed by atoms with Crippen molar-refractivity contribution in [2.45, 2.75) is 18.2 Å². The molecule has 0 spiro atoms. The average molecular weight is 277 g/mol. The molecule has 0 bridgehead atoms. The van der Waals surface area contributed by atoms with Crippen molar-refractivity contribution in [2.75, 3.05) is 6.61 Å². The first-order chi connectivity index (χ1) is 9.22. The third kappa shape index (κ3) is 2.74. The van der Waals surface area contributed by atoms with Crippen molar-refractivity contribution in [3.05, 3.63) is 65.0 Å². The lowest BCUT2D eigenvalue weighted by Crippen LogP contribution is -1.97. The van der Waals surface area contributed by atoms with Crippen LogP contribution < -0.4 is 4.74 Å². The van der Waals surface area contributed by atoms with Crippen LogP contribution in [0.25, 0.3) is 0 Å². The first-order valence-corrected chi connectivity index (χ1v) is 6.80. The number of benzene rings is 2. The first-order valence-electron chi connectivity index (χ1n) is 6.36. The Hall–Kier alpha value is -1.54. The Bertz CT molecular complexity index is 597. The maximum absolute atomic E-state index is 13.1. The molecule has 0 aromatic heterocycles. The molecule has 2 aromatic rings. The zero-order valence-corrected chi connectivity index (χ0v) is 11.2. The Kier molecular flexibility index (Phi) is 3.43. The third-order valence-electron chi connectivity index (χ3n) is 3.38. The molecule has 1 atom stereocenters. The van der Waals surface area contributed by atoms with Gasteiger partial charge in [0.15, 0.2) is 0 Å². The molecule has 1 nitrogen and oxygen atoms in total. The minimum atomic E-state index is -0.219. The number of hydrogen-bond donors (Lipinski definition) is 0. The van der Waals surface area contributed by atoms with Crippen molar-refractivity contribution in [3.63, 3.8) is 0 Å². The summed E-state index contributed by atoms with van der Waals surface area (Å²) in [6.07, 6.45) is 1.56. The molecule has 3 heteroatoms. The molecule has 2 aromatic carbocycles. The maximum atomic E-state index is 13.1. The van der Waals surface area contributed by atoms with Gasteiger partial charge in [-0.3, -0.25) is 0 Å². The lowest BCUT2D eigenvalue weighted by atomic mass is 10.0. The zero-order valence-electron chi connectivity index (χ0n) is 10.4. The van der Waals surface area contributed by atoms with E-state index in [1.807, 2.05) is 18.2 Å². The molecule has 1 aliphatic rings. The fraction of sp³-hybridized carbons (Fsp3) is 0.250. The normalized spacial score (nSPS) is 14.8. The quantitative estimate of drug-likeness (QED) is 0.760. The molecule has 1 unspecified atom stereocenters. The van der Waals surface area contributed by atoms with Gasteiger partial charge in [0.25, 0.3) is 0 Å². The van der Waals surface area contributed by atoms with Crippen LogP contribution in [-0.2, 0) is 12.8 Å². The molecule has 0 N–H and O–H groups in total. The van der Waals surface area contributed by atoms with Crippen molar-refractivity contribution >= 4 is 11.6 Å². The van der Waals surface area contributed by atoms with E-state index in [0.29, 0.717) is 6.42 Å². The molecule has 3 rings (SSSR count). The first kappa shape index (κ1) is 12.5. The van der Waals surface area contributed by atoms with Gasteiger partial charge in [-0.05, 0) is 41.3 Å². The molecule has 1 aliphatic heterocycles. The topological polar surface area (TPSA) is 9.23 Å². The van der Waals surface area contributed by atoms with Gasteiger partial charge < -0.3 is 4.74 Å². The molecule has 0 amide bonds. The number of alkyl halides is 1. The summed E-state index contributed by atoms with van der Waals surface area (Å²) < 4.78 is 18.6. The summed E-state index contributed by atoms with van der Waals surface area (Å²) in [6, 6.07) is 12.6. The van der Waals surface area contributed by atoms with Crippen molar-refractivity contribution in [1.29, 1.82) is 0 Å². The Morgan fingerprint density at radius 2 is 2.11 bits per heavy atom. The second-order valence-corrected chi connectivity index (χ2v) is 5.29. The van der Waals surface area contributed by atoms with Crippen LogP contribution >= 0.6 is 11.6 Å². The van der Waals surface area contributed by atoms with Gasteiger partial charge in [-0.25, -0.2) is 4.39 Å². The lowest BCUT2D eigenvalue weighted by molar-refractivity contribution is 0.357. The van der Waals surface area contributed by atoms with Gasteiger partial charge in [-0.2, -0.15) is 0 Å². The number of ether oxygens (including phenoxy) is 1. The van der Waals surface area contributed by atoms with E-state index in [4.69, 9.17) is 16.3 Å². The highest BCUT2D eigenvalue weighted by Gasteiger charge is 2.16. The van der Waals surface area contributed by atoms with E-state index >= 15 is 0 Å². The summed E-state index contributed by atoms with van der Waals surface area (Å²) in [5, 5.41) is -0.146. The van der Waals surface area contributed by atoms with Crippen molar-refractivity contribution < 1.29 is 9.13 Å². The highest BCUT2D eigenvalue weighted by atomic mass is 35.5. The van der Waals surface area contributed by atoms with Crippen LogP contribution in [0.15, 0.2) is 42.5 Å². The van der Waals surface area contributed by atoms with Gasteiger partial charge in [0.05, 0.1) is 12.0 Å². The molecule has 19 heavy (non-hydrogen) atoms. The number of halogens is 2. The smallest absolute Gasteiger partial charge is 0.123 e. The molecule has 0 radical (unpaired) electrons. The molecular weight excluding hydrogens is 263 g/mol. The Balaban J connectivity index is 1.78. The van der Waals surface area contributed by atoms with Crippen LogP contribution in [0, 0.1) is 5.82 Å². The number of fused-ring (bicyclic) bond motifs is 1. The summed E-state index contributed by atoms with van der Waals surface area (Å²) in [5.74, 6) is 0.738. The summed E-state index contributed by atoms with van der Waals surface area (Å²) in [4.78, 5) is 0. The molecule has 1 heterocycles. The van der Waals surface area contributed by atoms with Gasteiger partial charge in [0.1, 0.15) is 11.6 Å². The van der Waals surface area contributed by atoms with Crippen molar-refractivity contribution in [3.8, 4) is 5.75 Å². The summed E-state index contributed by atoms with van der Waals surface area (Å²) in [5.41, 5.74) is 3.19. The van der Waals surface area contributed by atoms with E-state index in [9.17, 15) is 4.39 Å². The van der Waals surface area contributed by atoms with Gasteiger partial charge in [0.2, 0.25) is 0 Å².